The number of hydrogen-bond donors (Lipinski definition) is 1. The summed E-state index contributed by atoms with van der Waals surface area (Å²) in [5.41, 5.74) is 1.25. The summed E-state index contributed by atoms with van der Waals surface area (Å²) >= 11 is 2.89. The molecule has 0 aliphatic heterocycles. The molecule has 3 aromatic rings. The molecule has 0 aliphatic rings. The highest BCUT2D eigenvalue weighted by Crippen LogP contribution is 2.29. The first-order chi connectivity index (χ1) is 9.26. The quantitative estimate of drug-likeness (QED) is 0.750. The highest BCUT2D eigenvalue weighted by atomic mass is 32.1. The van der Waals surface area contributed by atoms with Gasteiger partial charge in [0, 0.05) is 5.38 Å². The van der Waals surface area contributed by atoms with Crippen molar-refractivity contribution in [3.8, 4) is 0 Å². The number of methoxy groups -OCH3 is 1. The normalized spacial score (nSPS) is 10.6. The van der Waals surface area contributed by atoms with Gasteiger partial charge < -0.3 is 10.1 Å². The molecular formula is C12H9N3O2S2. The van der Waals surface area contributed by atoms with Crippen LogP contribution in [0, 0.1) is 0 Å². The molecule has 5 nitrogen and oxygen atoms in total. The smallest absolute Gasteiger partial charge is 0.357 e. The maximum atomic E-state index is 11.3. The molecule has 2 heterocycles. The van der Waals surface area contributed by atoms with Gasteiger partial charge in [-0.05, 0) is 12.1 Å². The van der Waals surface area contributed by atoms with Gasteiger partial charge in [-0.1, -0.05) is 23.5 Å². The van der Waals surface area contributed by atoms with Crippen LogP contribution < -0.4 is 5.32 Å². The zero-order valence-corrected chi connectivity index (χ0v) is 11.5. The van der Waals surface area contributed by atoms with Gasteiger partial charge in [-0.2, -0.15) is 0 Å². The Morgan fingerprint density at radius 3 is 2.89 bits per heavy atom. The summed E-state index contributed by atoms with van der Waals surface area (Å²) in [6.45, 7) is 0. The molecule has 0 atom stereocenters. The Morgan fingerprint density at radius 1 is 1.26 bits per heavy atom. The van der Waals surface area contributed by atoms with Crippen LogP contribution >= 0.6 is 22.7 Å². The van der Waals surface area contributed by atoms with Crippen LogP contribution in [-0.4, -0.2) is 23.0 Å². The Labute approximate surface area is 116 Å². The SMILES string of the molecule is COC(=O)c1csc(Nc2nc3ccccc3s2)n1. The summed E-state index contributed by atoms with van der Waals surface area (Å²) in [4.78, 5) is 19.9. The summed E-state index contributed by atoms with van der Waals surface area (Å²) in [6.07, 6.45) is 0. The number of para-hydroxylation sites is 1. The maximum absolute atomic E-state index is 11.3. The van der Waals surface area contributed by atoms with Gasteiger partial charge in [0.1, 0.15) is 0 Å². The van der Waals surface area contributed by atoms with Crippen molar-refractivity contribution in [2.24, 2.45) is 0 Å². The Hall–Kier alpha value is -1.99. The van der Waals surface area contributed by atoms with Crippen LogP contribution in [0.2, 0.25) is 0 Å². The number of nitrogens with zero attached hydrogens (tertiary/aromatic N) is 2. The van der Waals surface area contributed by atoms with Gasteiger partial charge in [0.25, 0.3) is 0 Å². The third kappa shape index (κ3) is 2.42. The second-order valence-electron chi connectivity index (χ2n) is 3.64. The van der Waals surface area contributed by atoms with E-state index >= 15 is 0 Å². The molecule has 19 heavy (non-hydrogen) atoms. The van der Waals surface area contributed by atoms with Crippen molar-refractivity contribution in [2.45, 2.75) is 0 Å². The first-order valence-corrected chi connectivity index (χ1v) is 7.12. The fourth-order valence-electron chi connectivity index (χ4n) is 1.55. The van der Waals surface area contributed by atoms with Crippen LogP contribution in [0.15, 0.2) is 29.6 Å². The minimum absolute atomic E-state index is 0.302. The average molecular weight is 291 g/mol. The minimum Gasteiger partial charge on any atom is -0.464 e. The summed E-state index contributed by atoms with van der Waals surface area (Å²) in [5.74, 6) is -0.436. The van der Waals surface area contributed by atoms with E-state index in [-0.39, 0.29) is 0 Å². The van der Waals surface area contributed by atoms with E-state index in [4.69, 9.17) is 0 Å². The number of nitrogens with one attached hydrogen (secondary N) is 1. The van der Waals surface area contributed by atoms with Crippen LogP contribution in [0.25, 0.3) is 10.2 Å². The van der Waals surface area contributed by atoms with Crippen molar-refractivity contribution < 1.29 is 9.53 Å². The topological polar surface area (TPSA) is 64.1 Å². The monoisotopic (exact) mass is 291 g/mol. The first kappa shape index (κ1) is 12.1. The molecule has 96 valence electrons. The second-order valence-corrected chi connectivity index (χ2v) is 5.53. The summed E-state index contributed by atoms with van der Waals surface area (Å²) < 4.78 is 5.72. The van der Waals surface area contributed by atoms with E-state index in [9.17, 15) is 4.79 Å². The predicted octanol–water partition coefficient (Wildman–Crippen LogP) is 3.28. The molecule has 0 saturated carbocycles. The number of fused-ring (bicyclic) bond motifs is 1. The lowest BCUT2D eigenvalue weighted by atomic mass is 10.3. The lowest BCUT2D eigenvalue weighted by Gasteiger charge is -1.95. The summed E-state index contributed by atoms with van der Waals surface area (Å²) in [6, 6.07) is 7.90. The van der Waals surface area contributed by atoms with Gasteiger partial charge in [0.05, 0.1) is 17.3 Å². The van der Waals surface area contributed by atoms with E-state index in [1.165, 1.54) is 18.4 Å². The van der Waals surface area contributed by atoms with E-state index in [2.05, 4.69) is 20.0 Å². The fourth-order valence-corrected chi connectivity index (χ4v) is 3.15. The summed E-state index contributed by atoms with van der Waals surface area (Å²) in [7, 11) is 1.34. The lowest BCUT2D eigenvalue weighted by Crippen LogP contribution is -2.01. The number of aromatic nitrogens is 2. The molecule has 1 N–H and O–H groups in total. The van der Waals surface area contributed by atoms with Crippen LogP contribution in [0.1, 0.15) is 10.5 Å². The van der Waals surface area contributed by atoms with Gasteiger partial charge >= 0.3 is 5.97 Å². The van der Waals surface area contributed by atoms with E-state index in [0.717, 1.165) is 15.3 Å². The van der Waals surface area contributed by atoms with Crippen molar-refractivity contribution in [3.05, 3.63) is 35.3 Å². The van der Waals surface area contributed by atoms with Gasteiger partial charge in [0.15, 0.2) is 16.0 Å². The Bertz CT molecular complexity index is 702. The average Bonchev–Trinajstić information content (AvgIpc) is 3.04. The number of ether oxygens (including phenoxy) is 1. The molecule has 0 spiro atoms. The largest absolute Gasteiger partial charge is 0.464 e. The number of thiazole rings is 2. The van der Waals surface area contributed by atoms with Gasteiger partial charge in [-0.15, -0.1) is 11.3 Å². The third-order valence-corrected chi connectivity index (χ3v) is 4.12. The molecule has 0 bridgehead atoms. The van der Waals surface area contributed by atoms with Gasteiger partial charge in [-0.3, -0.25) is 0 Å². The van der Waals surface area contributed by atoms with Crippen molar-refractivity contribution >= 4 is 49.1 Å². The zero-order chi connectivity index (χ0) is 13.2. The highest BCUT2D eigenvalue weighted by molar-refractivity contribution is 7.22. The molecule has 2 aromatic heterocycles. The molecule has 1 aromatic carbocycles. The Kier molecular flexibility index (Phi) is 3.14. The van der Waals surface area contributed by atoms with E-state index < -0.39 is 5.97 Å². The van der Waals surface area contributed by atoms with Crippen LogP contribution in [0.3, 0.4) is 0 Å². The number of carbonyl (C=O) groups excluding carboxylic acids is 1. The number of esters is 1. The van der Waals surface area contributed by atoms with Crippen molar-refractivity contribution in [3.63, 3.8) is 0 Å². The first-order valence-electron chi connectivity index (χ1n) is 5.43. The lowest BCUT2D eigenvalue weighted by molar-refractivity contribution is 0.0595. The number of carbonyl (C=O) groups is 1. The van der Waals surface area contributed by atoms with Crippen molar-refractivity contribution in [1.29, 1.82) is 0 Å². The number of hydrogen-bond acceptors (Lipinski definition) is 7. The van der Waals surface area contributed by atoms with Crippen LogP contribution in [0.5, 0.6) is 0 Å². The van der Waals surface area contributed by atoms with E-state index in [0.29, 0.717) is 10.8 Å². The third-order valence-electron chi connectivity index (χ3n) is 2.41. The maximum Gasteiger partial charge on any atom is 0.357 e. The number of rotatable bonds is 3. The summed E-state index contributed by atoms with van der Waals surface area (Å²) in [5, 5.41) is 6.13. The molecule has 0 aliphatic carbocycles. The molecule has 0 unspecified atom stereocenters. The second kappa shape index (κ2) is 4.94. The Balaban J connectivity index is 1.84. The predicted molar refractivity (Wildman–Crippen MR) is 76.4 cm³/mol. The van der Waals surface area contributed by atoms with Gasteiger partial charge in [-0.25, -0.2) is 14.8 Å². The standard InChI is InChI=1S/C12H9N3O2S2/c1-17-10(16)8-6-18-11(14-8)15-12-13-7-4-2-3-5-9(7)19-12/h2-6H,1H3,(H,13,14,15). The minimum atomic E-state index is -0.436. The fraction of sp³-hybridized carbons (Fsp3) is 0.0833. The van der Waals surface area contributed by atoms with Gasteiger partial charge in [0.2, 0.25) is 0 Å². The number of anilines is 2. The molecule has 0 fully saturated rings. The van der Waals surface area contributed by atoms with Crippen LogP contribution in [0.4, 0.5) is 10.3 Å². The van der Waals surface area contributed by atoms with Crippen LogP contribution in [-0.2, 0) is 4.74 Å². The van der Waals surface area contributed by atoms with Crippen molar-refractivity contribution in [2.75, 3.05) is 12.4 Å². The van der Waals surface area contributed by atoms with E-state index in [1.807, 2.05) is 24.3 Å². The molecule has 3 rings (SSSR count). The Morgan fingerprint density at radius 2 is 2.11 bits per heavy atom. The molecule has 0 saturated heterocycles. The molecule has 0 radical (unpaired) electrons. The zero-order valence-electron chi connectivity index (χ0n) is 9.91. The van der Waals surface area contributed by atoms with Crippen molar-refractivity contribution in [1.82, 2.24) is 9.97 Å². The molecular weight excluding hydrogens is 282 g/mol. The number of benzene rings is 1. The van der Waals surface area contributed by atoms with E-state index in [1.54, 1.807) is 16.7 Å². The molecule has 0 amide bonds. The highest BCUT2D eigenvalue weighted by Gasteiger charge is 2.11. The molecule has 7 heteroatoms.